The van der Waals surface area contributed by atoms with Crippen molar-refractivity contribution in [2.45, 2.75) is 18.2 Å². The lowest BCUT2D eigenvalue weighted by atomic mass is 10.1. The fourth-order valence-electron chi connectivity index (χ4n) is 2.16. The standard InChI is InChI=1S/C15H16N2O4S/c1-3-12-7-4-5-10-15(12)16(2)22(20,21)14-9-6-8-13(11-14)17(18)19/h4-11H,3H2,1-2H3. The molecule has 0 bridgehead atoms. The summed E-state index contributed by atoms with van der Waals surface area (Å²) in [4.78, 5) is 10.1. The molecule has 2 aromatic rings. The zero-order valence-corrected chi connectivity index (χ0v) is 13.1. The summed E-state index contributed by atoms with van der Waals surface area (Å²) in [6, 6.07) is 12.2. The van der Waals surface area contributed by atoms with Gasteiger partial charge >= 0.3 is 0 Å². The van der Waals surface area contributed by atoms with Crippen LogP contribution in [0, 0.1) is 10.1 Å². The molecular formula is C15H16N2O4S. The van der Waals surface area contributed by atoms with Crippen LogP contribution in [0.25, 0.3) is 0 Å². The average Bonchev–Trinajstić information content (AvgIpc) is 2.54. The van der Waals surface area contributed by atoms with Gasteiger partial charge in [-0.1, -0.05) is 31.2 Å². The van der Waals surface area contributed by atoms with E-state index in [2.05, 4.69) is 0 Å². The van der Waals surface area contributed by atoms with Crippen LogP contribution in [0.1, 0.15) is 12.5 Å². The number of rotatable bonds is 5. The normalized spacial score (nSPS) is 11.2. The number of nitrogens with zero attached hydrogens (tertiary/aromatic N) is 2. The largest absolute Gasteiger partial charge is 0.270 e. The van der Waals surface area contributed by atoms with Gasteiger partial charge in [-0.3, -0.25) is 14.4 Å². The monoisotopic (exact) mass is 320 g/mol. The summed E-state index contributed by atoms with van der Waals surface area (Å²) in [6.07, 6.45) is 0.685. The van der Waals surface area contributed by atoms with Crippen LogP contribution in [-0.2, 0) is 16.4 Å². The molecule has 0 heterocycles. The van der Waals surface area contributed by atoms with Gasteiger partial charge in [-0.15, -0.1) is 0 Å². The van der Waals surface area contributed by atoms with E-state index in [0.29, 0.717) is 12.1 Å². The first kappa shape index (κ1) is 16.0. The summed E-state index contributed by atoms with van der Waals surface area (Å²) in [5.41, 5.74) is 1.20. The van der Waals surface area contributed by atoms with Gasteiger partial charge in [0.1, 0.15) is 0 Å². The van der Waals surface area contributed by atoms with E-state index in [9.17, 15) is 18.5 Å². The Morgan fingerprint density at radius 1 is 1.14 bits per heavy atom. The number of aryl methyl sites for hydroxylation is 1. The zero-order valence-electron chi connectivity index (χ0n) is 12.3. The Morgan fingerprint density at radius 2 is 1.82 bits per heavy atom. The maximum absolute atomic E-state index is 12.7. The molecule has 2 aromatic carbocycles. The number of benzene rings is 2. The van der Waals surface area contributed by atoms with Crippen LogP contribution in [0.4, 0.5) is 11.4 Å². The first-order chi connectivity index (χ1) is 10.4. The summed E-state index contributed by atoms with van der Waals surface area (Å²) in [6.45, 7) is 1.94. The Balaban J connectivity index is 2.50. The van der Waals surface area contributed by atoms with E-state index >= 15 is 0 Å². The van der Waals surface area contributed by atoms with Crippen molar-refractivity contribution < 1.29 is 13.3 Å². The summed E-state index contributed by atoms with van der Waals surface area (Å²) in [5.74, 6) is 0. The molecule has 0 amide bonds. The van der Waals surface area contributed by atoms with Crippen molar-refractivity contribution >= 4 is 21.4 Å². The molecule has 0 unspecified atom stereocenters. The molecule has 7 heteroatoms. The summed E-state index contributed by atoms with van der Waals surface area (Å²) >= 11 is 0. The predicted octanol–water partition coefficient (Wildman–Crippen LogP) is 2.98. The van der Waals surface area contributed by atoms with E-state index in [0.717, 1.165) is 15.9 Å². The number of hydrogen-bond acceptors (Lipinski definition) is 4. The minimum atomic E-state index is -3.85. The van der Waals surface area contributed by atoms with E-state index in [1.54, 1.807) is 12.1 Å². The molecule has 0 atom stereocenters. The highest BCUT2D eigenvalue weighted by Gasteiger charge is 2.24. The second-order valence-electron chi connectivity index (χ2n) is 4.71. The summed E-state index contributed by atoms with van der Waals surface area (Å²) in [5, 5.41) is 10.8. The third-order valence-electron chi connectivity index (χ3n) is 3.40. The highest BCUT2D eigenvalue weighted by molar-refractivity contribution is 7.92. The van der Waals surface area contributed by atoms with Crippen molar-refractivity contribution in [2.75, 3.05) is 11.4 Å². The molecule has 0 aliphatic heterocycles. The van der Waals surface area contributed by atoms with E-state index in [-0.39, 0.29) is 10.6 Å². The SMILES string of the molecule is CCc1ccccc1N(C)S(=O)(=O)c1cccc([N+](=O)[O-])c1. The number of non-ortho nitro benzene ring substituents is 1. The second kappa shape index (κ2) is 6.15. The first-order valence-electron chi connectivity index (χ1n) is 6.69. The molecule has 2 rings (SSSR count). The molecule has 0 spiro atoms. The van der Waals surface area contributed by atoms with Crippen LogP contribution < -0.4 is 4.31 Å². The fourth-order valence-corrected chi connectivity index (χ4v) is 3.44. The molecule has 0 fully saturated rings. The highest BCUT2D eigenvalue weighted by atomic mass is 32.2. The Bertz CT molecular complexity index is 803. The van der Waals surface area contributed by atoms with Gasteiger partial charge in [0.25, 0.3) is 15.7 Å². The number of sulfonamides is 1. The quantitative estimate of drug-likeness (QED) is 0.626. The number of anilines is 1. The van der Waals surface area contributed by atoms with Crippen molar-refractivity contribution in [2.24, 2.45) is 0 Å². The molecule has 116 valence electrons. The molecule has 0 aliphatic carbocycles. The lowest BCUT2D eigenvalue weighted by molar-refractivity contribution is -0.385. The number of nitro benzene ring substituents is 1. The van der Waals surface area contributed by atoms with E-state index in [4.69, 9.17) is 0 Å². The third kappa shape index (κ3) is 2.94. The van der Waals surface area contributed by atoms with Gasteiger partial charge in [-0.05, 0) is 24.1 Å². The molecule has 0 N–H and O–H groups in total. The molecular weight excluding hydrogens is 304 g/mol. The number of hydrogen-bond donors (Lipinski definition) is 0. The topological polar surface area (TPSA) is 80.5 Å². The van der Waals surface area contributed by atoms with Crippen molar-refractivity contribution in [1.82, 2.24) is 0 Å². The molecule has 0 aliphatic rings. The van der Waals surface area contributed by atoms with Gasteiger partial charge in [-0.2, -0.15) is 0 Å². The van der Waals surface area contributed by atoms with Crippen molar-refractivity contribution in [3.05, 3.63) is 64.2 Å². The van der Waals surface area contributed by atoms with Crippen molar-refractivity contribution in [3.8, 4) is 0 Å². The molecule has 0 saturated carbocycles. The minimum Gasteiger partial charge on any atom is -0.269 e. The van der Waals surface area contributed by atoms with Gasteiger partial charge in [0.15, 0.2) is 0 Å². The Hall–Kier alpha value is -2.41. The predicted molar refractivity (Wildman–Crippen MR) is 84.5 cm³/mol. The van der Waals surface area contributed by atoms with Gasteiger partial charge < -0.3 is 0 Å². The van der Waals surface area contributed by atoms with Gasteiger partial charge in [0, 0.05) is 19.2 Å². The minimum absolute atomic E-state index is 0.102. The molecule has 6 nitrogen and oxygen atoms in total. The molecule has 22 heavy (non-hydrogen) atoms. The van der Waals surface area contributed by atoms with Gasteiger partial charge in [0.2, 0.25) is 0 Å². The molecule has 0 aromatic heterocycles. The lowest BCUT2D eigenvalue weighted by Gasteiger charge is -2.22. The molecule has 0 radical (unpaired) electrons. The molecule has 0 saturated heterocycles. The van der Waals surface area contributed by atoms with Crippen LogP contribution in [0.15, 0.2) is 53.4 Å². The van der Waals surface area contributed by atoms with Crippen LogP contribution in [0.5, 0.6) is 0 Å². The van der Waals surface area contributed by atoms with Gasteiger partial charge in [0.05, 0.1) is 15.5 Å². The second-order valence-corrected chi connectivity index (χ2v) is 6.68. The number of para-hydroxylation sites is 1. The zero-order chi connectivity index (χ0) is 16.3. The van der Waals surface area contributed by atoms with E-state index in [1.165, 1.54) is 25.2 Å². The highest BCUT2D eigenvalue weighted by Crippen LogP contribution is 2.27. The van der Waals surface area contributed by atoms with Crippen LogP contribution >= 0.6 is 0 Å². The first-order valence-corrected chi connectivity index (χ1v) is 8.13. The van der Waals surface area contributed by atoms with Gasteiger partial charge in [-0.25, -0.2) is 8.42 Å². The van der Waals surface area contributed by atoms with Crippen LogP contribution in [-0.4, -0.2) is 20.4 Å². The Kier molecular flexibility index (Phi) is 4.46. The lowest BCUT2D eigenvalue weighted by Crippen LogP contribution is -2.27. The number of nitro groups is 1. The third-order valence-corrected chi connectivity index (χ3v) is 5.17. The van der Waals surface area contributed by atoms with E-state index < -0.39 is 14.9 Å². The average molecular weight is 320 g/mol. The summed E-state index contributed by atoms with van der Waals surface area (Å²) < 4.78 is 26.5. The van der Waals surface area contributed by atoms with Crippen LogP contribution in [0.3, 0.4) is 0 Å². The van der Waals surface area contributed by atoms with E-state index in [1.807, 2.05) is 19.1 Å². The Morgan fingerprint density at radius 3 is 2.45 bits per heavy atom. The summed E-state index contributed by atoms with van der Waals surface area (Å²) in [7, 11) is -2.40. The smallest absolute Gasteiger partial charge is 0.269 e. The van der Waals surface area contributed by atoms with Crippen LogP contribution in [0.2, 0.25) is 0 Å². The Labute approximate surface area is 129 Å². The van der Waals surface area contributed by atoms with Crippen molar-refractivity contribution in [3.63, 3.8) is 0 Å². The fraction of sp³-hybridized carbons (Fsp3) is 0.200. The maximum Gasteiger partial charge on any atom is 0.270 e. The maximum atomic E-state index is 12.7. The van der Waals surface area contributed by atoms with Crippen molar-refractivity contribution in [1.29, 1.82) is 0 Å².